The summed E-state index contributed by atoms with van der Waals surface area (Å²) in [5.74, 6) is 0.0638. The van der Waals surface area contributed by atoms with Gasteiger partial charge in [0.25, 0.3) is 5.91 Å². The fraction of sp³-hybridized carbons (Fsp3) is 0.263. The number of amides is 1. The van der Waals surface area contributed by atoms with Gasteiger partial charge in [0.2, 0.25) is 0 Å². The molecule has 1 amide bonds. The molecule has 1 N–H and O–H groups in total. The van der Waals surface area contributed by atoms with Crippen LogP contribution in [0, 0.1) is 11.3 Å². The van der Waals surface area contributed by atoms with Crippen LogP contribution in [0.5, 0.6) is 0 Å². The summed E-state index contributed by atoms with van der Waals surface area (Å²) >= 11 is 1.48. The van der Waals surface area contributed by atoms with Gasteiger partial charge in [-0.15, -0.1) is 0 Å². The third-order valence-corrected chi connectivity index (χ3v) is 4.66. The summed E-state index contributed by atoms with van der Waals surface area (Å²) in [6.45, 7) is 1.15. The van der Waals surface area contributed by atoms with Crippen LogP contribution in [0.1, 0.15) is 18.6 Å². The number of hydrogen-bond acceptors (Lipinski definition) is 5. The minimum Gasteiger partial charge on any atom is -0.450 e. The van der Waals surface area contributed by atoms with E-state index in [4.69, 9.17) is 9.15 Å². The van der Waals surface area contributed by atoms with E-state index in [-0.39, 0.29) is 11.7 Å². The standard InChI is InChI=1S/C19H18N2O3S/c20-12-14(19(22)21-13-16-5-4-10-23-16)11-15-8-9-18(24-15)25-17-6-2-1-3-7-17/h1-3,6-9,11,16H,4-5,10,13H2,(H,21,22)/b14-11+/t16-/m1/s1. The highest BCUT2D eigenvalue weighted by molar-refractivity contribution is 7.99. The first-order chi connectivity index (χ1) is 12.2. The lowest BCUT2D eigenvalue weighted by atomic mass is 10.2. The Morgan fingerprint density at radius 1 is 1.32 bits per heavy atom. The zero-order chi connectivity index (χ0) is 17.5. The maximum Gasteiger partial charge on any atom is 0.262 e. The van der Waals surface area contributed by atoms with Crippen LogP contribution < -0.4 is 5.32 Å². The molecule has 0 saturated carbocycles. The van der Waals surface area contributed by atoms with Crippen LogP contribution in [-0.2, 0) is 9.53 Å². The van der Waals surface area contributed by atoms with Crippen molar-refractivity contribution in [2.45, 2.75) is 28.9 Å². The number of nitriles is 1. The lowest BCUT2D eigenvalue weighted by Gasteiger charge is -2.09. The molecule has 1 aromatic heterocycles. The fourth-order valence-electron chi connectivity index (χ4n) is 2.47. The number of ether oxygens (including phenoxy) is 1. The van der Waals surface area contributed by atoms with Gasteiger partial charge in [0.15, 0.2) is 5.09 Å². The van der Waals surface area contributed by atoms with Crippen molar-refractivity contribution in [3.05, 3.63) is 53.8 Å². The highest BCUT2D eigenvalue weighted by Gasteiger charge is 2.18. The molecule has 0 unspecified atom stereocenters. The number of carbonyl (C=O) groups is 1. The Balaban J connectivity index is 1.61. The summed E-state index contributed by atoms with van der Waals surface area (Å²) in [7, 11) is 0. The molecule has 1 saturated heterocycles. The highest BCUT2D eigenvalue weighted by Crippen LogP contribution is 2.29. The topological polar surface area (TPSA) is 75.3 Å². The van der Waals surface area contributed by atoms with Crippen LogP contribution in [0.15, 0.2) is 62.4 Å². The van der Waals surface area contributed by atoms with E-state index in [0.717, 1.165) is 24.3 Å². The van der Waals surface area contributed by atoms with Gasteiger partial charge in [0.1, 0.15) is 17.4 Å². The third kappa shape index (κ3) is 4.99. The van der Waals surface area contributed by atoms with Crippen LogP contribution >= 0.6 is 11.8 Å². The van der Waals surface area contributed by atoms with Gasteiger partial charge in [0.05, 0.1) is 6.10 Å². The van der Waals surface area contributed by atoms with Gasteiger partial charge in [-0.1, -0.05) is 30.0 Å². The van der Waals surface area contributed by atoms with Gasteiger partial charge in [-0.05, 0) is 37.1 Å². The second kappa shape index (κ2) is 8.56. The number of hydrogen-bond donors (Lipinski definition) is 1. The molecule has 1 aromatic carbocycles. The first-order valence-electron chi connectivity index (χ1n) is 8.09. The molecular weight excluding hydrogens is 336 g/mol. The maximum absolute atomic E-state index is 12.1. The first kappa shape index (κ1) is 17.3. The van der Waals surface area contributed by atoms with Crippen molar-refractivity contribution >= 4 is 23.7 Å². The molecule has 2 aromatic rings. The number of nitrogens with zero attached hydrogens (tertiary/aromatic N) is 1. The minimum absolute atomic E-state index is 0.0172. The van der Waals surface area contributed by atoms with Crippen molar-refractivity contribution < 1.29 is 13.9 Å². The summed E-state index contributed by atoms with van der Waals surface area (Å²) in [5.41, 5.74) is 0.0172. The molecule has 25 heavy (non-hydrogen) atoms. The van der Waals surface area contributed by atoms with Crippen molar-refractivity contribution in [3.8, 4) is 6.07 Å². The maximum atomic E-state index is 12.1. The summed E-state index contributed by atoms with van der Waals surface area (Å²) < 4.78 is 11.1. The molecule has 1 aliphatic heterocycles. The Hall–Kier alpha value is -2.49. The second-order valence-corrected chi connectivity index (χ2v) is 6.66. The lowest BCUT2D eigenvalue weighted by Crippen LogP contribution is -2.32. The van der Waals surface area contributed by atoms with E-state index in [1.165, 1.54) is 17.8 Å². The zero-order valence-corrected chi connectivity index (χ0v) is 14.4. The van der Waals surface area contributed by atoms with Crippen LogP contribution in [0.25, 0.3) is 6.08 Å². The Morgan fingerprint density at radius 2 is 2.16 bits per heavy atom. The average molecular weight is 354 g/mol. The average Bonchev–Trinajstić information content (AvgIpc) is 3.30. The van der Waals surface area contributed by atoms with E-state index in [1.54, 1.807) is 6.07 Å². The van der Waals surface area contributed by atoms with Crippen LogP contribution in [0.4, 0.5) is 0 Å². The van der Waals surface area contributed by atoms with Crippen molar-refractivity contribution in [1.82, 2.24) is 5.32 Å². The summed E-state index contributed by atoms with van der Waals surface area (Å²) in [6.07, 6.45) is 3.45. The molecule has 0 bridgehead atoms. The minimum atomic E-state index is -0.410. The fourth-order valence-corrected chi connectivity index (χ4v) is 3.27. The molecule has 0 spiro atoms. The molecule has 128 valence electrons. The van der Waals surface area contributed by atoms with E-state index in [9.17, 15) is 10.1 Å². The second-order valence-electron chi connectivity index (χ2n) is 5.59. The Kier molecular flexibility index (Phi) is 5.94. The predicted octanol–water partition coefficient (Wildman–Crippen LogP) is 3.63. The monoisotopic (exact) mass is 354 g/mol. The van der Waals surface area contributed by atoms with Gasteiger partial charge in [-0.25, -0.2) is 0 Å². The van der Waals surface area contributed by atoms with E-state index in [1.807, 2.05) is 42.5 Å². The largest absolute Gasteiger partial charge is 0.450 e. The first-order valence-corrected chi connectivity index (χ1v) is 8.90. The van der Waals surface area contributed by atoms with Crippen molar-refractivity contribution in [2.24, 2.45) is 0 Å². The summed E-state index contributed by atoms with van der Waals surface area (Å²) in [6, 6.07) is 15.3. The molecule has 0 aliphatic carbocycles. The summed E-state index contributed by atoms with van der Waals surface area (Å²) in [4.78, 5) is 13.2. The van der Waals surface area contributed by atoms with E-state index in [0.29, 0.717) is 17.4 Å². The molecule has 1 aliphatic rings. The number of carbonyl (C=O) groups excluding carboxylic acids is 1. The molecule has 1 fully saturated rings. The highest BCUT2D eigenvalue weighted by atomic mass is 32.2. The Bertz CT molecular complexity index is 787. The van der Waals surface area contributed by atoms with Gasteiger partial charge in [-0.3, -0.25) is 4.79 Å². The number of furan rings is 1. The quantitative estimate of drug-likeness (QED) is 0.633. The van der Waals surface area contributed by atoms with Crippen LogP contribution in [-0.4, -0.2) is 25.2 Å². The van der Waals surface area contributed by atoms with E-state index < -0.39 is 5.91 Å². The Labute approximate surface area is 150 Å². The Morgan fingerprint density at radius 3 is 2.88 bits per heavy atom. The molecule has 5 nitrogen and oxygen atoms in total. The lowest BCUT2D eigenvalue weighted by molar-refractivity contribution is -0.117. The summed E-state index contributed by atoms with van der Waals surface area (Å²) in [5, 5.41) is 12.7. The van der Waals surface area contributed by atoms with E-state index >= 15 is 0 Å². The van der Waals surface area contributed by atoms with Crippen molar-refractivity contribution in [2.75, 3.05) is 13.2 Å². The van der Waals surface area contributed by atoms with Gasteiger partial charge in [-0.2, -0.15) is 5.26 Å². The van der Waals surface area contributed by atoms with Crippen molar-refractivity contribution in [1.29, 1.82) is 5.26 Å². The smallest absolute Gasteiger partial charge is 0.262 e. The van der Waals surface area contributed by atoms with Gasteiger partial charge >= 0.3 is 0 Å². The molecule has 6 heteroatoms. The van der Waals surface area contributed by atoms with Gasteiger partial charge < -0.3 is 14.5 Å². The van der Waals surface area contributed by atoms with Crippen LogP contribution in [0.2, 0.25) is 0 Å². The molecule has 2 heterocycles. The van der Waals surface area contributed by atoms with Gasteiger partial charge in [0, 0.05) is 24.1 Å². The predicted molar refractivity (Wildman–Crippen MR) is 94.8 cm³/mol. The third-order valence-electron chi connectivity index (χ3n) is 3.73. The molecule has 3 rings (SSSR count). The normalized spacial score (nSPS) is 17.2. The number of rotatable bonds is 6. The number of nitrogens with one attached hydrogen (secondary N) is 1. The molecule has 0 radical (unpaired) electrons. The van der Waals surface area contributed by atoms with Crippen molar-refractivity contribution in [3.63, 3.8) is 0 Å². The SMILES string of the molecule is N#C/C(=C\c1ccc(Sc2ccccc2)o1)C(=O)NC[C@H]1CCCO1. The molecular formula is C19H18N2O3S. The molecule has 1 atom stereocenters. The number of benzene rings is 1. The van der Waals surface area contributed by atoms with E-state index in [2.05, 4.69) is 5.32 Å². The van der Waals surface area contributed by atoms with Crippen LogP contribution in [0.3, 0.4) is 0 Å². The zero-order valence-electron chi connectivity index (χ0n) is 13.6.